The first-order valence-corrected chi connectivity index (χ1v) is 13.0. The Morgan fingerprint density at radius 3 is 2.41 bits per heavy atom. The molecule has 1 aromatic rings. The SMILES string of the molecule is CSCC[C@H](NC(=O)[C@H](Cc1ccccc1)NC[C@@H](NC(=O)[C@@H]1CCC(=O)N1)C(C)C)C(=O)O. The summed E-state index contributed by atoms with van der Waals surface area (Å²) in [5.74, 6) is -1.14. The van der Waals surface area contributed by atoms with Gasteiger partial charge in [0.25, 0.3) is 0 Å². The van der Waals surface area contributed by atoms with Crippen molar-refractivity contribution in [2.75, 3.05) is 18.6 Å². The van der Waals surface area contributed by atoms with Crippen molar-refractivity contribution in [1.82, 2.24) is 21.3 Å². The third-order valence-electron chi connectivity index (χ3n) is 5.85. The van der Waals surface area contributed by atoms with E-state index in [1.807, 2.05) is 50.4 Å². The fourth-order valence-corrected chi connectivity index (χ4v) is 4.16. The predicted octanol–water partition coefficient (Wildman–Crippen LogP) is 0.929. The van der Waals surface area contributed by atoms with Crippen LogP contribution in [0.3, 0.4) is 0 Å². The Balaban J connectivity index is 2.07. The normalized spacial score (nSPS) is 18.1. The van der Waals surface area contributed by atoms with Gasteiger partial charge in [-0.1, -0.05) is 44.2 Å². The predicted molar refractivity (Wildman–Crippen MR) is 132 cm³/mol. The average molecular weight is 493 g/mol. The fraction of sp³-hybridized carbons (Fsp3) is 0.583. The monoisotopic (exact) mass is 492 g/mol. The van der Waals surface area contributed by atoms with Gasteiger partial charge in [-0.15, -0.1) is 0 Å². The molecule has 10 heteroatoms. The van der Waals surface area contributed by atoms with Crippen molar-refractivity contribution in [2.45, 2.75) is 63.7 Å². The molecule has 1 aromatic carbocycles. The highest BCUT2D eigenvalue weighted by molar-refractivity contribution is 7.98. The highest BCUT2D eigenvalue weighted by atomic mass is 32.2. The molecule has 1 aliphatic heterocycles. The van der Waals surface area contributed by atoms with Gasteiger partial charge in [0.05, 0.1) is 6.04 Å². The Bertz CT molecular complexity index is 836. The second-order valence-corrected chi connectivity index (χ2v) is 9.83. The van der Waals surface area contributed by atoms with Crippen molar-refractivity contribution in [1.29, 1.82) is 0 Å². The first-order valence-electron chi connectivity index (χ1n) is 11.6. The maximum atomic E-state index is 13.1. The zero-order valence-corrected chi connectivity index (χ0v) is 20.8. The standard InChI is InChI=1S/C24H36N4O5S/c1-15(2)20(28-22(30)17-9-10-21(29)26-17)14-25-19(13-16-7-5-4-6-8-16)23(31)27-18(24(32)33)11-12-34-3/h4-8,15,17-20,25H,9-14H2,1-3H3,(H,26,29)(H,27,31)(H,28,30)(H,32,33)/t17-,18-,19-,20+/m0/s1. The van der Waals surface area contributed by atoms with Crippen LogP contribution in [0.1, 0.15) is 38.7 Å². The molecular weight excluding hydrogens is 456 g/mol. The lowest BCUT2D eigenvalue weighted by atomic mass is 10.0. The first-order chi connectivity index (χ1) is 16.2. The van der Waals surface area contributed by atoms with E-state index in [1.54, 1.807) is 0 Å². The number of nitrogens with one attached hydrogen (secondary N) is 4. The number of hydrogen-bond donors (Lipinski definition) is 5. The van der Waals surface area contributed by atoms with E-state index in [9.17, 15) is 24.3 Å². The van der Waals surface area contributed by atoms with Gasteiger partial charge in [0.2, 0.25) is 17.7 Å². The largest absolute Gasteiger partial charge is 0.480 e. The highest BCUT2D eigenvalue weighted by Gasteiger charge is 2.30. The average Bonchev–Trinajstić information content (AvgIpc) is 3.24. The molecule has 5 N–H and O–H groups in total. The number of aliphatic carboxylic acids is 1. The van der Waals surface area contributed by atoms with Gasteiger partial charge in [-0.05, 0) is 42.8 Å². The number of rotatable bonds is 14. The minimum Gasteiger partial charge on any atom is -0.480 e. The van der Waals surface area contributed by atoms with Crippen LogP contribution in [0.5, 0.6) is 0 Å². The minimum absolute atomic E-state index is 0.0716. The second kappa shape index (κ2) is 14.0. The molecule has 0 bridgehead atoms. The molecule has 188 valence electrons. The van der Waals surface area contributed by atoms with E-state index in [-0.39, 0.29) is 23.8 Å². The van der Waals surface area contributed by atoms with Gasteiger partial charge in [-0.3, -0.25) is 14.4 Å². The molecule has 1 fully saturated rings. The van der Waals surface area contributed by atoms with Crippen LogP contribution in [0.4, 0.5) is 0 Å². The number of amides is 3. The van der Waals surface area contributed by atoms with Gasteiger partial charge in [0.1, 0.15) is 12.1 Å². The first kappa shape index (κ1) is 27.7. The van der Waals surface area contributed by atoms with Crippen LogP contribution in [0, 0.1) is 5.92 Å². The Labute approximate surface area is 205 Å². The number of carbonyl (C=O) groups is 4. The van der Waals surface area contributed by atoms with Crippen molar-refractivity contribution in [3.05, 3.63) is 35.9 Å². The third kappa shape index (κ3) is 8.98. The molecule has 0 aliphatic carbocycles. The summed E-state index contributed by atoms with van der Waals surface area (Å²) in [6.45, 7) is 4.25. The molecule has 0 spiro atoms. The number of carboxylic acids is 1. The number of thioether (sulfide) groups is 1. The third-order valence-corrected chi connectivity index (χ3v) is 6.50. The summed E-state index contributed by atoms with van der Waals surface area (Å²) in [5, 5.41) is 21.1. The van der Waals surface area contributed by atoms with E-state index in [2.05, 4.69) is 21.3 Å². The zero-order chi connectivity index (χ0) is 25.1. The Morgan fingerprint density at radius 2 is 1.85 bits per heavy atom. The van der Waals surface area contributed by atoms with E-state index in [0.29, 0.717) is 38.0 Å². The number of carbonyl (C=O) groups excluding carboxylic acids is 3. The quantitative estimate of drug-likeness (QED) is 0.261. The summed E-state index contributed by atoms with van der Waals surface area (Å²) >= 11 is 1.52. The van der Waals surface area contributed by atoms with Crippen LogP contribution in [-0.2, 0) is 25.6 Å². The molecule has 0 aromatic heterocycles. The second-order valence-electron chi connectivity index (χ2n) is 8.85. The molecule has 1 saturated heterocycles. The fourth-order valence-electron chi connectivity index (χ4n) is 3.69. The van der Waals surface area contributed by atoms with E-state index >= 15 is 0 Å². The molecule has 9 nitrogen and oxygen atoms in total. The highest BCUT2D eigenvalue weighted by Crippen LogP contribution is 2.10. The van der Waals surface area contributed by atoms with E-state index in [0.717, 1.165) is 5.56 Å². The van der Waals surface area contributed by atoms with Crippen LogP contribution >= 0.6 is 11.8 Å². The summed E-state index contributed by atoms with van der Waals surface area (Å²) in [6, 6.07) is 7.03. The molecule has 0 radical (unpaired) electrons. The lowest BCUT2D eigenvalue weighted by Crippen LogP contribution is -2.56. The Kier molecular flexibility index (Phi) is 11.4. The lowest BCUT2D eigenvalue weighted by molar-refractivity contribution is -0.142. The van der Waals surface area contributed by atoms with Gasteiger partial charge < -0.3 is 26.4 Å². The van der Waals surface area contributed by atoms with Gasteiger partial charge in [-0.25, -0.2) is 4.79 Å². The maximum absolute atomic E-state index is 13.1. The summed E-state index contributed by atoms with van der Waals surface area (Å²) in [6.07, 6.45) is 3.40. The summed E-state index contributed by atoms with van der Waals surface area (Å²) in [7, 11) is 0. The van der Waals surface area contributed by atoms with Crippen LogP contribution in [0.15, 0.2) is 30.3 Å². The smallest absolute Gasteiger partial charge is 0.326 e. The molecule has 4 atom stereocenters. The lowest BCUT2D eigenvalue weighted by Gasteiger charge is -2.28. The van der Waals surface area contributed by atoms with E-state index in [1.165, 1.54) is 11.8 Å². The van der Waals surface area contributed by atoms with Gasteiger partial charge in [-0.2, -0.15) is 11.8 Å². The van der Waals surface area contributed by atoms with Crippen molar-refractivity contribution in [3.63, 3.8) is 0 Å². The summed E-state index contributed by atoms with van der Waals surface area (Å²) < 4.78 is 0. The van der Waals surface area contributed by atoms with Gasteiger partial charge in [0.15, 0.2) is 0 Å². The molecular formula is C24H36N4O5S. The van der Waals surface area contributed by atoms with E-state index < -0.39 is 30.0 Å². The Morgan fingerprint density at radius 1 is 1.15 bits per heavy atom. The molecule has 1 heterocycles. The summed E-state index contributed by atoms with van der Waals surface area (Å²) in [5.41, 5.74) is 0.935. The maximum Gasteiger partial charge on any atom is 0.326 e. The van der Waals surface area contributed by atoms with Crippen molar-refractivity contribution >= 4 is 35.5 Å². The minimum atomic E-state index is -1.06. The van der Waals surface area contributed by atoms with Crippen molar-refractivity contribution in [2.24, 2.45) is 5.92 Å². The summed E-state index contributed by atoms with van der Waals surface area (Å²) in [4.78, 5) is 48.8. The van der Waals surface area contributed by atoms with Crippen LogP contribution < -0.4 is 21.3 Å². The van der Waals surface area contributed by atoms with Crippen molar-refractivity contribution in [3.8, 4) is 0 Å². The molecule has 3 amide bonds. The Hall–Kier alpha value is -2.59. The topological polar surface area (TPSA) is 137 Å². The molecule has 0 saturated carbocycles. The van der Waals surface area contributed by atoms with Crippen molar-refractivity contribution < 1.29 is 24.3 Å². The molecule has 0 unspecified atom stereocenters. The van der Waals surface area contributed by atoms with Crippen LogP contribution in [0.2, 0.25) is 0 Å². The molecule has 2 rings (SSSR count). The number of hydrogen-bond acceptors (Lipinski definition) is 6. The van der Waals surface area contributed by atoms with Gasteiger partial charge in [0, 0.05) is 19.0 Å². The number of benzene rings is 1. The molecule has 1 aliphatic rings. The molecule has 34 heavy (non-hydrogen) atoms. The van der Waals surface area contributed by atoms with Gasteiger partial charge >= 0.3 is 5.97 Å². The van der Waals surface area contributed by atoms with E-state index in [4.69, 9.17) is 0 Å². The van der Waals surface area contributed by atoms with Crippen LogP contribution in [-0.4, -0.2) is 71.5 Å². The number of carboxylic acid groups (broad SMARTS) is 1. The zero-order valence-electron chi connectivity index (χ0n) is 20.0. The van der Waals surface area contributed by atoms with Crippen LogP contribution in [0.25, 0.3) is 0 Å².